The SMILES string of the molecule is CN=C(NCCCOc1ccc2ccccc2c1)NCC1(C)COC1.I. The third-order valence-corrected chi connectivity index (χ3v) is 4.41. The Balaban J connectivity index is 0.00000243. The molecule has 0 atom stereocenters. The molecule has 3 rings (SSSR count). The summed E-state index contributed by atoms with van der Waals surface area (Å²) in [5, 5.41) is 9.12. The van der Waals surface area contributed by atoms with Crippen molar-refractivity contribution < 1.29 is 9.47 Å². The molecule has 1 aliphatic heterocycles. The minimum Gasteiger partial charge on any atom is -0.494 e. The molecule has 0 bridgehead atoms. The van der Waals surface area contributed by atoms with Gasteiger partial charge in [-0.3, -0.25) is 4.99 Å². The van der Waals surface area contributed by atoms with Crippen molar-refractivity contribution in [1.29, 1.82) is 0 Å². The fourth-order valence-corrected chi connectivity index (χ4v) is 2.80. The van der Waals surface area contributed by atoms with E-state index in [4.69, 9.17) is 9.47 Å². The van der Waals surface area contributed by atoms with Gasteiger partial charge in [0.2, 0.25) is 0 Å². The summed E-state index contributed by atoms with van der Waals surface area (Å²) < 4.78 is 11.1. The van der Waals surface area contributed by atoms with Crippen molar-refractivity contribution in [2.75, 3.05) is 40.0 Å². The van der Waals surface area contributed by atoms with Crippen LogP contribution in [0.2, 0.25) is 0 Å². The average Bonchev–Trinajstić information content (AvgIpc) is 2.62. The molecule has 26 heavy (non-hydrogen) atoms. The summed E-state index contributed by atoms with van der Waals surface area (Å²) >= 11 is 0. The molecular weight excluding hydrogens is 441 g/mol. The number of nitrogens with zero attached hydrogens (tertiary/aromatic N) is 1. The van der Waals surface area contributed by atoms with Crippen LogP contribution in [0.1, 0.15) is 13.3 Å². The van der Waals surface area contributed by atoms with Gasteiger partial charge in [0.25, 0.3) is 0 Å². The highest BCUT2D eigenvalue weighted by Gasteiger charge is 2.33. The van der Waals surface area contributed by atoms with Gasteiger partial charge >= 0.3 is 0 Å². The van der Waals surface area contributed by atoms with Crippen molar-refractivity contribution >= 4 is 40.7 Å². The monoisotopic (exact) mass is 469 g/mol. The molecule has 2 aromatic rings. The number of ether oxygens (including phenoxy) is 2. The van der Waals surface area contributed by atoms with Crippen molar-refractivity contribution in [2.45, 2.75) is 13.3 Å². The first kappa shape index (κ1) is 20.8. The van der Waals surface area contributed by atoms with Crippen LogP contribution in [0.4, 0.5) is 0 Å². The molecule has 6 heteroatoms. The van der Waals surface area contributed by atoms with Crippen LogP contribution in [-0.4, -0.2) is 45.9 Å². The Kier molecular flexibility index (Phi) is 7.96. The Morgan fingerprint density at radius 1 is 1.15 bits per heavy atom. The van der Waals surface area contributed by atoms with Gasteiger partial charge in [0.15, 0.2) is 5.96 Å². The fraction of sp³-hybridized carbons (Fsp3) is 0.450. The van der Waals surface area contributed by atoms with Crippen molar-refractivity contribution in [1.82, 2.24) is 10.6 Å². The lowest BCUT2D eigenvalue weighted by molar-refractivity contribution is -0.0971. The van der Waals surface area contributed by atoms with E-state index >= 15 is 0 Å². The van der Waals surface area contributed by atoms with E-state index in [9.17, 15) is 0 Å². The molecule has 142 valence electrons. The Hall–Kier alpha value is -1.54. The normalized spacial score (nSPS) is 15.7. The minimum atomic E-state index is 0. The van der Waals surface area contributed by atoms with Crippen LogP contribution in [0.3, 0.4) is 0 Å². The maximum Gasteiger partial charge on any atom is 0.191 e. The van der Waals surface area contributed by atoms with Crippen LogP contribution >= 0.6 is 24.0 Å². The van der Waals surface area contributed by atoms with Gasteiger partial charge in [-0.05, 0) is 29.3 Å². The van der Waals surface area contributed by atoms with Crippen LogP contribution in [0, 0.1) is 5.41 Å². The minimum absolute atomic E-state index is 0. The number of benzene rings is 2. The van der Waals surface area contributed by atoms with E-state index in [0.29, 0.717) is 6.61 Å². The highest BCUT2D eigenvalue weighted by atomic mass is 127. The zero-order valence-corrected chi connectivity index (χ0v) is 17.8. The second-order valence-corrected chi connectivity index (χ2v) is 6.87. The van der Waals surface area contributed by atoms with E-state index in [1.54, 1.807) is 7.05 Å². The van der Waals surface area contributed by atoms with E-state index in [0.717, 1.165) is 44.4 Å². The van der Waals surface area contributed by atoms with E-state index in [1.807, 2.05) is 18.2 Å². The highest BCUT2D eigenvalue weighted by molar-refractivity contribution is 14.0. The van der Waals surface area contributed by atoms with Gasteiger partial charge in [-0.15, -0.1) is 24.0 Å². The summed E-state index contributed by atoms with van der Waals surface area (Å²) in [5.41, 5.74) is 0.233. The fourth-order valence-electron chi connectivity index (χ4n) is 2.80. The molecule has 2 N–H and O–H groups in total. The van der Waals surface area contributed by atoms with Crippen LogP contribution < -0.4 is 15.4 Å². The summed E-state index contributed by atoms with van der Waals surface area (Å²) in [6.45, 7) is 6.22. The predicted octanol–water partition coefficient (Wildman–Crippen LogP) is 3.43. The summed E-state index contributed by atoms with van der Waals surface area (Å²) in [6.07, 6.45) is 0.911. The number of rotatable bonds is 7. The van der Waals surface area contributed by atoms with Crippen molar-refractivity contribution in [2.24, 2.45) is 10.4 Å². The van der Waals surface area contributed by atoms with Gasteiger partial charge in [-0.2, -0.15) is 0 Å². The topological polar surface area (TPSA) is 54.9 Å². The molecule has 0 spiro atoms. The zero-order chi connectivity index (χ0) is 17.5. The summed E-state index contributed by atoms with van der Waals surface area (Å²) in [4.78, 5) is 4.25. The molecule has 0 saturated carbocycles. The Labute approximate surface area is 172 Å². The van der Waals surface area contributed by atoms with Crippen LogP contribution in [0.5, 0.6) is 5.75 Å². The van der Waals surface area contributed by atoms with Gasteiger partial charge in [0.05, 0.1) is 19.8 Å². The first-order valence-corrected chi connectivity index (χ1v) is 8.82. The van der Waals surface area contributed by atoms with E-state index < -0.39 is 0 Å². The number of hydrogen-bond acceptors (Lipinski definition) is 3. The first-order valence-electron chi connectivity index (χ1n) is 8.82. The highest BCUT2D eigenvalue weighted by Crippen LogP contribution is 2.25. The van der Waals surface area contributed by atoms with Gasteiger partial charge in [-0.25, -0.2) is 0 Å². The second-order valence-electron chi connectivity index (χ2n) is 6.87. The van der Waals surface area contributed by atoms with Gasteiger partial charge in [0, 0.05) is 25.6 Å². The summed E-state index contributed by atoms with van der Waals surface area (Å²) in [5.74, 6) is 1.75. The maximum absolute atomic E-state index is 5.85. The second kappa shape index (κ2) is 9.97. The molecule has 1 saturated heterocycles. The number of guanidine groups is 1. The Bertz CT molecular complexity index is 732. The van der Waals surface area contributed by atoms with Gasteiger partial charge < -0.3 is 20.1 Å². The zero-order valence-electron chi connectivity index (χ0n) is 15.5. The molecule has 0 aliphatic carbocycles. The Morgan fingerprint density at radius 2 is 1.92 bits per heavy atom. The lowest BCUT2D eigenvalue weighted by Gasteiger charge is -2.38. The van der Waals surface area contributed by atoms with Crippen molar-refractivity contribution in [3.63, 3.8) is 0 Å². The maximum atomic E-state index is 5.85. The molecule has 1 aliphatic rings. The van der Waals surface area contributed by atoms with Crippen molar-refractivity contribution in [3.8, 4) is 5.75 Å². The number of aliphatic imine (C=N–C) groups is 1. The molecule has 0 amide bonds. The molecule has 0 aromatic heterocycles. The van der Waals surface area contributed by atoms with Gasteiger partial charge in [-0.1, -0.05) is 37.3 Å². The number of fused-ring (bicyclic) bond motifs is 1. The molecule has 0 radical (unpaired) electrons. The smallest absolute Gasteiger partial charge is 0.191 e. The standard InChI is InChI=1S/C20H27N3O2.HI/c1-20(14-24-15-20)13-23-19(21-2)22-10-5-11-25-18-9-8-16-6-3-4-7-17(16)12-18;/h3-4,6-9,12H,5,10-11,13-15H2,1-2H3,(H2,21,22,23);1H. The molecule has 5 nitrogen and oxygen atoms in total. The van der Waals surface area contributed by atoms with Crippen LogP contribution in [0.15, 0.2) is 47.5 Å². The van der Waals surface area contributed by atoms with Crippen LogP contribution in [-0.2, 0) is 4.74 Å². The summed E-state index contributed by atoms with van der Waals surface area (Å²) in [7, 11) is 1.79. The quantitative estimate of drug-likeness (QED) is 0.283. The number of hydrogen-bond donors (Lipinski definition) is 2. The summed E-state index contributed by atoms with van der Waals surface area (Å²) in [6, 6.07) is 14.5. The third-order valence-electron chi connectivity index (χ3n) is 4.41. The van der Waals surface area contributed by atoms with E-state index in [-0.39, 0.29) is 29.4 Å². The largest absolute Gasteiger partial charge is 0.494 e. The first-order chi connectivity index (χ1) is 12.2. The third kappa shape index (κ3) is 5.74. The molecule has 0 unspecified atom stereocenters. The lowest BCUT2D eigenvalue weighted by Crippen LogP contribution is -2.51. The molecular formula is C20H28IN3O2. The average molecular weight is 469 g/mol. The lowest BCUT2D eigenvalue weighted by atomic mass is 9.89. The predicted molar refractivity (Wildman–Crippen MR) is 118 cm³/mol. The molecule has 1 heterocycles. The molecule has 2 aromatic carbocycles. The van der Waals surface area contributed by atoms with Gasteiger partial charge in [0.1, 0.15) is 5.75 Å². The number of halogens is 1. The van der Waals surface area contributed by atoms with E-state index in [2.05, 4.69) is 46.8 Å². The molecule has 1 fully saturated rings. The van der Waals surface area contributed by atoms with Crippen molar-refractivity contribution in [3.05, 3.63) is 42.5 Å². The van der Waals surface area contributed by atoms with E-state index in [1.165, 1.54) is 10.8 Å². The Morgan fingerprint density at radius 3 is 2.62 bits per heavy atom. The van der Waals surface area contributed by atoms with Crippen LogP contribution in [0.25, 0.3) is 10.8 Å². The number of nitrogens with one attached hydrogen (secondary N) is 2.